The number of ether oxygens (including phenoxy) is 2. The highest BCUT2D eigenvalue weighted by atomic mass is 16.7. The molecular weight excluding hydrogens is 614 g/mol. The first-order chi connectivity index (χ1) is 23.4. The monoisotopic (exact) mass is 648 g/mol. The van der Waals surface area contributed by atoms with Gasteiger partial charge in [0.1, 0.15) is 29.3 Å². The number of aromatic nitrogens is 5. The Morgan fingerprint density at radius 1 is 0.833 bits per heavy atom. The van der Waals surface area contributed by atoms with Gasteiger partial charge >= 0.3 is 5.97 Å². The summed E-state index contributed by atoms with van der Waals surface area (Å²) >= 11 is 0. The van der Waals surface area contributed by atoms with Crippen LogP contribution in [0.5, 0.6) is 23.3 Å². The normalized spacial score (nSPS) is 11.3. The van der Waals surface area contributed by atoms with Gasteiger partial charge in [0.15, 0.2) is 17.9 Å². The molecule has 0 aliphatic carbocycles. The summed E-state index contributed by atoms with van der Waals surface area (Å²) in [5.41, 5.74) is 5.96. The maximum Gasteiger partial charge on any atom is 0.333 e. The van der Waals surface area contributed by atoms with Gasteiger partial charge in [-0.1, -0.05) is 12.1 Å². The van der Waals surface area contributed by atoms with Crippen LogP contribution in [0.4, 0.5) is 0 Å². The molecule has 0 aliphatic heterocycles. The number of unbranched alkanes of at least 4 members (excludes halogenated alkanes) is 2. The molecule has 2 aromatic carbocycles. The lowest BCUT2D eigenvalue weighted by Crippen LogP contribution is -2.32. The molecule has 12 heteroatoms. The van der Waals surface area contributed by atoms with E-state index in [1.165, 1.54) is 12.1 Å². The molecular formula is C36H34N5O7+. The second kappa shape index (κ2) is 14.5. The van der Waals surface area contributed by atoms with Crippen molar-refractivity contribution in [1.29, 1.82) is 0 Å². The maximum absolute atomic E-state index is 12.1. The number of hydrogen-bond donors (Lipinski definition) is 2. The number of benzene rings is 2. The summed E-state index contributed by atoms with van der Waals surface area (Å²) in [7, 11) is 3.25. The van der Waals surface area contributed by atoms with Gasteiger partial charge in [-0.2, -0.15) is 0 Å². The van der Waals surface area contributed by atoms with E-state index < -0.39 is 5.97 Å². The molecule has 0 unspecified atom stereocenters. The molecule has 6 aromatic rings. The molecule has 48 heavy (non-hydrogen) atoms. The zero-order valence-electron chi connectivity index (χ0n) is 26.4. The van der Waals surface area contributed by atoms with Crippen molar-refractivity contribution in [2.24, 2.45) is 0 Å². The van der Waals surface area contributed by atoms with Gasteiger partial charge in [-0.25, -0.2) is 19.0 Å². The van der Waals surface area contributed by atoms with E-state index in [9.17, 15) is 15.0 Å². The van der Waals surface area contributed by atoms with Crippen LogP contribution in [0, 0.1) is 0 Å². The third-order valence-electron chi connectivity index (χ3n) is 7.78. The van der Waals surface area contributed by atoms with Gasteiger partial charge in [0.05, 0.1) is 19.9 Å². The van der Waals surface area contributed by atoms with Gasteiger partial charge in [0.25, 0.3) is 0 Å². The minimum atomic E-state index is -0.533. The fraction of sp³-hybridized carbons (Fsp3) is 0.194. The summed E-state index contributed by atoms with van der Waals surface area (Å²) < 4.78 is 18.8. The lowest BCUT2D eigenvalue weighted by molar-refractivity contribution is -0.697. The summed E-state index contributed by atoms with van der Waals surface area (Å²) in [4.78, 5) is 22.2. The first-order valence-electron chi connectivity index (χ1n) is 15.4. The Hall–Kier alpha value is -6.17. The van der Waals surface area contributed by atoms with Gasteiger partial charge in [0.2, 0.25) is 11.8 Å². The van der Waals surface area contributed by atoms with Crippen molar-refractivity contribution in [3.8, 4) is 45.6 Å². The Bertz CT molecular complexity index is 2030. The van der Waals surface area contributed by atoms with Crippen molar-refractivity contribution >= 4 is 29.2 Å². The van der Waals surface area contributed by atoms with Gasteiger partial charge in [0, 0.05) is 47.7 Å². The van der Waals surface area contributed by atoms with Crippen LogP contribution in [-0.4, -0.2) is 50.4 Å². The summed E-state index contributed by atoms with van der Waals surface area (Å²) in [5, 5.41) is 27.8. The number of aryl methyl sites for hydroxylation is 1. The Morgan fingerprint density at radius 3 is 2.19 bits per heavy atom. The fourth-order valence-electron chi connectivity index (χ4n) is 5.31. The van der Waals surface area contributed by atoms with E-state index in [4.69, 9.17) is 23.9 Å². The Morgan fingerprint density at radius 2 is 1.50 bits per heavy atom. The SMILES string of the molecule is COc1ccc(-c2nc(C=Cc3ccc[n+](CCCCCC(=O)On4c(O)ccc4O)c3)c(-c3ccc(OC)cc3)c3nonc23)cc1. The number of carbonyl (C=O) groups excluding carboxylic acids is 1. The highest BCUT2D eigenvalue weighted by molar-refractivity contribution is 6.02. The predicted molar refractivity (Wildman–Crippen MR) is 177 cm³/mol. The van der Waals surface area contributed by atoms with Crippen molar-refractivity contribution in [3.63, 3.8) is 0 Å². The molecule has 4 heterocycles. The first kappa shape index (κ1) is 31.8. The number of methoxy groups -OCH3 is 2. The molecule has 0 bridgehead atoms. The lowest BCUT2D eigenvalue weighted by atomic mass is 9.99. The largest absolute Gasteiger partial charge is 0.497 e. The molecule has 0 amide bonds. The Balaban J connectivity index is 1.20. The average Bonchev–Trinajstić information content (AvgIpc) is 3.73. The molecule has 0 saturated carbocycles. The third kappa shape index (κ3) is 7.12. The highest BCUT2D eigenvalue weighted by Crippen LogP contribution is 2.36. The maximum atomic E-state index is 12.1. The second-order valence-corrected chi connectivity index (χ2v) is 11.0. The summed E-state index contributed by atoms with van der Waals surface area (Å²) in [6.07, 6.45) is 10.4. The molecule has 0 atom stereocenters. The van der Waals surface area contributed by atoms with Crippen LogP contribution in [0.25, 0.3) is 45.6 Å². The van der Waals surface area contributed by atoms with E-state index in [2.05, 4.69) is 21.1 Å². The zero-order chi connectivity index (χ0) is 33.5. The van der Waals surface area contributed by atoms with Gasteiger partial charge < -0.3 is 24.5 Å². The minimum absolute atomic E-state index is 0.165. The van der Waals surface area contributed by atoms with Crippen LogP contribution in [0.15, 0.2) is 89.8 Å². The molecule has 0 saturated heterocycles. The van der Waals surface area contributed by atoms with Gasteiger partial charge in [-0.3, -0.25) is 0 Å². The molecule has 2 N–H and O–H groups in total. The smallest absolute Gasteiger partial charge is 0.333 e. The molecule has 244 valence electrons. The fourth-order valence-corrected chi connectivity index (χ4v) is 5.31. The standard InChI is InChI=1S/C36H33N5O7/c1-45-27-14-10-25(11-15-27)33-29(37-34(36-35(33)38-48-39-36)26-12-16-28(46-2)17-13-26)18-9-24-7-6-22-40(23-24)21-5-3-4-8-32(44)47-41-30(42)19-20-31(41)43/h6-7,9-20,22-23H,3-5,8,21H2,1-2H3,(H-,37,38,39,42,43)/p+1. The molecule has 0 radical (unpaired) electrons. The van der Waals surface area contributed by atoms with E-state index in [0.717, 1.165) is 53.1 Å². The number of hydrogen-bond acceptors (Lipinski definition) is 10. The number of pyridine rings is 2. The number of fused-ring (bicyclic) bond motifs is 1. The number of rotatable bonds is 13. The van der Waals surface area contributed by atoms with Crippen LogP contribution >= 0.6 is 0 Å². The molecule has 0 spiro atoms. The van der Waals surface area contributed by atoms with E-state index in [1.807, 2.05) is 79.0 Å². The summed E-state index contributed by atoms with van der Waals surface area (Å²) in [6.45, 7) is 0.753. The lowest BCUT2D eigenvalue weighted by Gasteiger charge is -2.11. The molecule has 0 aliphatic rings. The Kier molecular flexibility index (Phi) is 9.61. The first-order valence-corrected chi connectivity index (χ1v) is 15.4. The Labute approximate surface area is 276 Å². The van der Waals surface area contributed by atoms with Crippen molar-refractivity contribution in [1.82, 2.24) is 20.0 Å². The van der Waals surface area contributed by atoms with Gasteiger partial charge in [-0.15, -0.1) is 4.73 Å². The molecule has 4 aromatic heterocycles. The van der Waals surface area contributed by atoms with E-state index in [-0.39, 0.29) is 18.2 Å². The molecule has 12 nitrogen and oxygen atoms in total. The third-order valence-corrected chi connectivity index (χ3v) is 7.78. The van der Waals surface area contributed by atoms with E-state index >= 15 is 0 Å². The quantitative estimate of drug-likeness (QED) is 0.115. The van der Waals surface area contributed by atoms with Gasteiger partial charge in [-0.05, 0) is 83.3 Å². The number of nitrogens with zero attached hydrogens (tertiary/aromatic N) is 5. The molecule has 6 rings (SSSR count). The van der Waals surface area contributed by atoms with Crippen LogP contribution in [0.2, 0.25) is 0 Å². The number of carbonyl (C=O) groups is 1. The van der Waals surface area contributed by atoms with Crippen LogP contribution in [0.1, 0.15) is 36.9 Å². The van der Waals surface area contributed by atoms with E-state index in [1.54, 1.807) is 14.2 Å². The summed E-state index contributed by atoms with van der Waals surface area (Å²) in [5.74, 6) is 0.256. The zero-order valence-corrected chi connectivity index (χ0v) is 26.4. The van der Waals surface area contributed by atoms with Crippen molar-refractivity contribution < 1.29 is 38.5 Å². The second-order valence-electron chi connectivity index (χ2n) is 11.0. The molecule has 0 fully saturated rings. The van der Waals surface area contributed by atoms with Crippen molar-refractivity contribution in [2.45, 2.75) is 32.2 Å². The highest BCUT2D eigenvalue weighted by Gasteiger charge is 2.20. The number of aromatic hydroxyl groups is 2. The van der Waals surface area contributed by atoms with Crippen LogP contribution in [-0.2, 0) is 11.3 Å². The minimum Gasteiger partial charge on any atom is -0.497 e. The van der Waals surface area contributed by atoms with Crippen LogP contribution in [0.3, 0.4) is 0 Å². The van der Waals surface area contributed by atoms with Crippen molar-refractivity contribution in [3.05, 3.63) is 96.4 Å². The van der Waals surface area contributed by atoms with Crippen molar-refractivity contribution in [2.75, 3.05) is 14.2 Å². The van der Waals surface area contributed by atoms with Crippen LogP contribution < -0.4 is 18.9 Å². The predicted octanol–water partition coefficient (Wildman–Crippen LogP) is 5.86. The summed E-state index contributed by atoms with van der Waals surface area (Å²) in [6, 6.07) is 21.8. The van der Waals surface area contributed by atoms with E-state index in [0.29, 0.717) is 33.6 Å². The topological polar surface area (TPSA) is 146 Å². The average molecular weight is 649 g/mol.